The van der Waals surface area contributed by atoms with Crippen LogP contribution in [0.15, 0.2) is 85.1 Å². The molecule has 1 N–H and O–H groups in total. The van der Waals surface area contributed by atoms with Crippen LogP contribution in [0, 0.1) is 12.8 Å². The third kappa shape index (κ3) is 5.89. The minimum atomic E-state index is -0.291. The highest BCUT2D eigenvalue weighted by Crippen LogP contribution is 2.30. The Hall–Kier alpha value is -4.39. The fourth-order valence-corrected chi connectivity index (χ4v) is 4.20. The van der Waals surface area contributed by atoms with Gasteiger partial charge in [0.1, 0.15) is 12.3 Å². The second kappa shape index (κ2) is 10.7. The van der Waals surface area contributed by atoms with Crippen molar-refractivity contribution in [3.63, 3.8) is 0 Å². The van der Waals surface area contributed by atoms with Crippen LogP contribution in [-0.4, -0.2) is 46.5 Å². The van der Waals surface area contributed by atoms with Crippen molar-refractivity contribution in [1.29, 1.82) is 0 Å². The van der Waals surface area contributed by atoms with Crippen molar-refractivity contribution in [2.75, 3.05) is 25.5 Å². The van der Waals surface area contributed by atoms with Crippen LogP contribution < -0.4 is 10.1 Å². The second-order valence-corrected chi connectivity index (χ2v) is 9.43. The summed E-state index contributed by atoms with van der Waals surface area (Å²) in [6, 6.07) is 24.8. The van der Waals surface area contributed by atoms with Gasteiger partial charge >= 0.3 is 0 Å². The Bertz CT molecular complexity index is 1370. The van der Waals surface area contributed by atoms with Crippen LogP contribution in [-0.2, 0) is 4.79 Å². The number of anilines is 1. The Morgan fingerprint density at radius 2 is 1.70 bits per heavy atom. The quantitative estimate of drug-likeness (QED) is 0.340. The molecular weight excluding hydrogens is 464 g/mol. The van der Waals surface area contributed by atoms with Crippen molar-refractivity contribution in [2.45, 2.75) is 19.8 Å². The molecule has 1 fully saturated rings. The average Bonchev–Trinajstić information content (AvgIpc) is 3.66. The number of rotatable bonds is 9. The highest BCUT2D eigenvalue weighted by Gasteiger charge is 2.29. The van der Waals surface area contributed by atoms with E-state index in [-0.39, 0.29) is 18.4 Å². The maximum absolute atomic E-state index is 13.3. The first-order valence-corrected chi connectivity index (χ1v) is 12.4. The Morgan fingerprint density at radius 3 is 2.35 bits per heavy atom. The molecule has 37 heavy (non-hydrogen) atoms. The molecule has 7 heteroatoms. The van der Waals surface area contributed by atoms with Crippen LogP contribution in [0.2, 0.25) is 0 Å². The van der Waals surface area contributed by atoms with Crippen LogP contribution in [0.4, 0.5) is 5.95 Å². The van der Waals surface area contributed by atoms with E-state index in [4.69, 9.17) is 9.72 Å². The molecule has 0 saturated heterocycles. The number of amides is 2. The van der Waals surface area contributed by atoms with E-state index in [0.717, 1.165) is 35.3 Å². The van der Waals surface area contributed by atoms with E-state index < -0.39 is 0 Å². The van der Waals surface area contributed by atoms with E-state index >= 15 is 0 Å². The molecule has 0 atom stereocenters. The standard InChI is InChI=1S/C30H30N4O3/c1-21-8-14-25(15-9-21)34-19-27(23-6-4-3-5-7-23)31-30(34)32-28(35)20-33(18-22-10-11-22)29(36)24-12-16-26(37-2)17-13-24/h3-9,12-17,19,22H,10-11,18,20H2,1-2H3,(H,31,32,35). The number of carbonyl (C=O) groups is 2. The molecule has 2 amide bonds. The summed E-state index contributed by atoms with van der Waals surface area (Å²) in [5.74, 6) is 1.07. The van der Waals surface area contributed by atoms with Crippen molar-refractivity contribution in [2.24, 2.45) is 5.92 Å². The largest absolute Gasteiger partial charge is 0.497 e. The van der Waals surface area contributed by atoms with Gasteiger partial charge < -0.3 is 9.64 Å². The molecule has 188 valence electrons. The molecule has 0 unspecified atom stereocenters. The molecule has 0 aliphatic heterocycles. The number of nitrogens with one attached hydrogen (secondary N) is 1. The first-order chi connectivity index (χ1) is 18.0. The molecule has 1 saturated carbocycles. The van der Waals surface area contributed by atoms with Gasteiger partial charge in [-0.1, -0.05) is 48.0 Å². The van der Waals surface area contributed by atoms with E-state index in [1.807, 2.05) is 72.3 Å². The normalized spacial score (nSPS) is 12.7. The zero-order valence-corrected chi connectivity index (χ0v) is 21.1. The molecule has 7 nitrogen and oxygen atoms in total. The summed E-state index contributed by atoms with van der Waals surface area (Å²) in [7, 11) is 1.59. The number of methoxy groups -OCH3 is 1. The summed E-state index contributed by atoms with van der Waals surface area (Å²) in [6.07, 6.45) is 4.07. The van der Waals surface area contributed by atoms with Crippen LogP contribution in [0.5, 0.6) is 5.75 Å². The fourth-order valence-electron chi connectivity index (χ4n) is 4.20. The van der Waals surface area contributed by atoms with E-state index in [1.165, 1.54) is 0 Å². The van der Waals surface area contributed by atoms with Gasteiger partial charge in [-0.15, -0.1) is 0 Å². The van der Waals surface area contributed by atoms with Crippen molar-refractivity contribution in [3.8, 4) is 22.7 Å². The molecule has 4 aromatic rings. The molecule has 0 spiro atoms. The van der Waals surface area contributed by atoms with Gasteiger partial charge in [-0.25, -0.2) is 4.98 Å². The number of aryl methyl sites for hydroxylation is 1. The molecule has 3 aromatic carbocycles. The predicted octanol–water partition coefficient (Wildman–Crippen LogP) is 5.35. The Labute approximate surface area is 216 Å². The number of carbonyl (C=O) groups excluding carboxylic acids is 2. The Balaban J connectivity index is 1.39. The molecule has 5 rings (SSSR count). The maximum atomic E-state index is 13.3. The number of imidazole rings is 1. The maximum Gasteiger partial charge on any atom is 0.254 e. The lowest BCUT2D eigenvalue weighted by atomic mass is 10.2. The van der Waals surface area contributed by atoms with E-state index in [0.29, 0.717) is 29.7 Å². The van der Waals surface area contributed by atoms with Gasteiger partial charge in [-0.3, -0.25) is 19.5 Å². The van der Waals surface area contributed by atoms with Crippen LogP contribution in [0.25, 0.3) is 16.9 Å². The molecule has 0 radical (unpaired) electrons. The summed E-state index contributed by atoms with van der Waals surface area (Å²) in [5.41, 5.74) is 4.27. The van der Waals surface area contributed by atoms with E-state index in [9.17, 15) is 9.59 Å². The first kappa shape index (κ1) is 24.3. The van der Waals surface area contributed by atoms with Crippen molar-refractivity contribution < 1.29 is 14.3 Å². The summed E-state index contributed by atoms with van der Waals surface area (Å²) < 4.78 is 7.08. The number of hydrogen-bond donors (Lipinski definition) is 1. The average molecular weight is 495 g/mol. The van der Waals surface area contributed by atoms with E-state index in [1.54, 1.807) is 36.3 Å². The third-order valence-electron chi connectivity index (χ3n) is 6.47. The van der Waals surface area contributed by atoms with Crippen molar-refractivity contribution >= 4 is 17.8 Å². The summed E-state index contributed by atoms with van der Waals surface area (Å²) in [4.78, 5) is 32.9. The molecule has 1 heterocycles. The van der Waals surface area contributed by atoms with E-state index in [2.05, 4.69) is 5.32 Å². The van der Waals surface area contributed by atoms with Gasteiger partial charge in [0, 0.05) is 29.6 Å². The fraction of sp³-hybridized carbons (Fsp3) is 0.233. The first-order valence-electron chi connectivity index (χ1n) is 12.4. The lowest BCUT2D eigenvalue weighted by Crippen LogP contribution is -2.39. The number of benzene rings is 3. The Morgan fingerprint density at radius 1 is 1.00 bits per heavy atom. The lowest BCUT2D eigenvalue weighted by molar-refractivity contribution is -0.117. The molecular formula is C30H30N4O3. The van der Waals surface area contributed by atoms with Crippen LogP contribution >= 0.6 is 0 Å². The minimum Gasteiger partial charge on any atom is -0.497 e. The van der Waals surface area contributed by atoms with Crippen LogP contribution in [0.3, 0.4) is 0 Å². The zero-order chi connectivity index (χ0) is 25.8. The SMILES string of the molecule is COc1ccc(C(=O)N(CC(=O)Nc2nc(-c3ccccc3)cn2-c2ccc(C)cc2)CC2CC2)cc1. The topological polar surface area (TPSA) is 76.5 Å². The van der Waals surface area contributed by atoms with Crippen LogP contribution in [0.1, 0.15) is 28.8 Å². The summed E-state index contributed by atoms with van der Waals surface area (Å²) in [6.45, 7) is 2.53. The molecule has 1 aliphatic carbocycles. The van der Waals surface area contributed by atoms with Gasteiger partial charge in [-0.2, -0.15) is 0 Å². The Kier molecular flexibility index (Phi) is 7.03. The van der Waals surface area contributed by atoms with Gasteiger partial charge in [-0.05, 0) is 62.1 Å². The monoisotopic (exact) mass is 494 g/mol. The highest BCUT2D eigenvalue weighted by atomic mass is 16.5. The zero-order valence-electron chi connectivity index (χ0n) is 21.1. The number of aromatic nitrogens is 2. The summed E-state index contributed by atoms with van der Waals surface area (Å²) in [5, 5.41) is 2.96. The van der Waals surface area contributed by atoms with Gasteiger partial charge in [0.15, 0.2) is 0 Å². The molecule has 0 bridgehead atoms. The predicted molar refractivity (Wildman–Crippen MR) is 144 cm³/mol. The number of hydrogen-bond acceptors (Lipinski definition) is 4. The molecule has 1 aliphatic rings. The van der Waals surface area contributed by atoms with Gasteiger partial charge in [0.25, 0.3) is 5.91 Å². The number of ether oxygens (including phenoxy) is 1. The number of nitrogens with zero attached hydrogens (tertiary/aromatic N) is 3. The highest BCUT2D eigenvalue weighted by molar-refractivity contribution is 5.99. The second-order valence-electron chi connectivity index (χ2n) is 9.43. The third-order valence-corrected chi connectivity index (χ3v) is 6.47. The van der Waals surface area contributed by atoms with Gasteiger partial charge in [0.05, 0.1) is 12.8 Å². The minimum absolute atomic E-state index is 0.0528. The lowest BCUT2D eigenvalue weighted by Gasteiger charge is -2.22. The smallest absolute Gasteiger partial charge is 0.254 e. The van der Waals surface area contributed by atoms with Crippen molar-refractivity contribution in [3.05, 3.63) is 96.2 Å². The van der Waals surface area contributed by atoms with Gasteiger partial charge in [0.2, 0.25) is 11.9 Å². The summed E-state index contributed by atoms with van der Waals surface area (Å²) >= 11 is 0. The molecule has 1 aromatic heterocycles. The van der Waals surface area contributed by atoms with Crippen molar-refractivity contribution in [1.82, 2.24) is 14.5 Å².